The van der Waals surface area contributed by atoms with Crippen LogP contribution in [0.2, 0.25) is 18.1 Å². The lowest BCUT2D eigenvalue weighted by molar-refractivity contribution is 0.207. The Balaban J connectivity index is 2.37. The van der Waals surface area contributed by atoms with Crippen molar-refractivity contribution < 1.29 is 9.16 Å². The Morgan fingerprint density at radius 3 is 2.38 bits per heavy atom. The van der Waals surface area contributed by atoms with Gasteiger partial charge in [0.05, 0.1) is 6.10 Å². The van der Waals surface area contributed by atoms with Crippen LogP contribution in [0.3, 0.4) is 0 Å². The lowest BCUT2D eigenvalue weighted by Gasteiger charge is -2.36. The molecule has 1 aliphatic heterocycles. The Kier molecular flexibility index (Phi) is 4.03. The van der Waals surface area contributed by atoms with E-state index in [9.17, 15) is 0 Å². The van der Waals surface area contributed by atoms with Gasteiger partial charge in [0, 0.05) is 12.5 Å². The van der Waals surface area contributed by atoms with Gasteiger partial charge in [0.15, 0.2) is 8.32 Å². The first-order valence-corrected chi connectivity index (χ1v) is 9.02. The zero-order valence-electron chi connectivity index (χ0n) is 11.5. The second kappa shape index (κ2) is 4.63. The van der Waals surface area contributed by atoms with Gasteiger partial charge >= 0.3 is 0 Å². The summed E-state index contributed by atoms with van der Waals surface area (Å²) in [7, 11) is -1.60. The van der Waals surface area contributed by atoms with Gasteiger partial charge in [-0.15, -0.1) is 6.58 Å². The molecule has 0 spiro atoms. The standard InChI is InChI=1S/C13H26O2Si/c1-8-11-12(15-11)10(2)9-14-16(6,7)13(3,4)5/h8,10-12H,1,9H2,2-7H3/t10-,11+,12-/m1/s1. The molecule has 0 unspecified atom stereocenters. The van der Waals surface area contributed by atoms with Gasteiger partial charge in [-0.3, -0.25) is 0 Å². The van der Waals surface area contributed by atoms with Gasteiger partial charge in [0.1, 0.15) is 6.10 Å². The van der Waals surface area contributed by atoms with Crippen LogP contribution in [0.4, 0.5) is 0 Å². The van der Waals surface area contributed by atoms with E-state index in [1.807, 2.05) is 6.08 Å². The Hall–Kier alpha value is -0.123. The van der Waals surface area contributed by atoms with Gasteiger partial charge in [-0.2, -0.15) is 0 Å². The highest BCUT2D eigenvalue weighted by Crippen LogP contribution is 2.38. The summed E-state index contributed by atoms with van der Waals surface area (Å²) in [6.07, 6.45) is 2.48. The first kappa shape index (κ1) is 13.9. The summed E-state index contributed by atoms with van der Waals surface area (Å²) in [5, 5.41) is 0.287. The molecule has 1 saturated heterocycles. The summed E-state index contributed by atoms with van der Waals surface area (Å²) >= 11 is 0. The molecule has 0 aliphatic carbocycles. The van der Waals surface area contributed by atoms with Gasteiger partial charge in [-0.05, 0) is 18.1 Å². The first-order valence-electron chi connectivity index (χ1n) is 6.11. The molecule has 1 rings (SSSR count). The number of hydrogen-bond donors (Lipinski definition) is 0. The van der Waals surface area contributed by atoms with E-state index in [1.165, 1.54) is 0 Å². The van der Waals surface area contributed by atoms with Crippen molar-refractivity contribution in [2.75, 3.05) is 6.61 Å². The van der Waals surface area contributed by atoms with E-state index < -0.39 is 8.32 Å². The average molecular weight is 242 g/mol. The van der Waals surface area contributed by atoms with Crippen molar-refractivity contribution in [3.63, 3.8) is 0 Å². The smallest absolute Gasteiger partial charge is 0.191 e. The predicted octanol–water partition coefficient (Wildman–Crippen LogP) is 3.60. The van der Waals surface area contributed by atoms with E-state index in [-0.39, 0.29) is 11.1 Å². The van der Waals surface area contributed by atoms with Crippen LogP contribution < -0.4 is 0 Å². The van der Waals surface area contributed by atoms with Crippen LogP contribution in [-0.2, 0) is 9.16 Å². The highest BCUT2D eigenvalue weighted by molar-refractivity contribution is 6.74. The molecule has 0 bridgehead atoms. The molecule has 3 atom stereocenters. The number of epoxide rings is 1. The maximum Gasteiger partial charge on any atom is 0.191 e. The molecule has 0 N–H and O–H groups in total. The average Bonchev–Trinajstić information content (AvgIpc) is 2.91. The molecule has 0 radical (unpaired) electrons. The quantitative estimate of drug-likeness (QED) is 0.417. The fourth-order valence-electron chi connectivity index (χ4n) is 1.43. The molecule has 0 aromatic heterocycles. The normalized spacial score (nSPS) is 27.6. The van der Waals surface area contributed by atoms with Crippen molar-refractivity contribution in [3.05, 3.63) is 12.7 Å². The molecule has 1 aliphatic rings. The summed E-state index contributed by atoms with van der Waals surface area (Å²) in [4.78, 5) is 0. The van der Waals surface area contributed by atoms with Crippen LogP contribution in [0.25, 0.3) is 0 Å². The highest BCUT2D eigenvalue weighted by atomic mass is 28.4. The third-order valence-corrected chi connectivity index (χ3v) is 8.37. The van der Waals surface area contributed by atoms with Crippen LogP contribution in [-0.4, -0.2) is 27.1 Å². The van der Waals surface area contributed by atoms with Crippen LogP contribution in [0, 0.1) is 5.92 Å². The lowest BCUT2D eigenvalue weighted by atomic mass is 10.1. The zero-order valence-corrected chi connectivity index (χ0v) is 12.5. The van der Waals surface area contributed by atoms with Gasteiger partial charge < -0.3 is 9.16 Å². The summed E-state index contributed by atoms with van der Waals surface area (Å²) in [6, 6.07) is 0. The monoisotopic (exact) mass is 242 g/mol. The SMILES string of the molecule is C=C[C@@H]1O[C@@H]1[C@H](C)CO[Si](C)(C)C(C)(C)C. The molecular formula is C13H26O2Si. The number of rotatable bonds is 5. The second-order valence-electron chi connectivity index (χ2n) is 6.35. The summed E-state index contributed by atoms with van der Waals surface area (Å²) in [6.45, 7) is 18.1. The Labute approximate surface area is 101 Å². The van der Waals surface area contributed by atoms with Crippen LogP contribution >= 0.6 is 0 Å². The van der Waals surface area contributed by atoms with Crippen molar-refractivity contribution in [2.45, 2.75) is 58.0 Å². The molecular weight excluding hydrogens is 216 g/mol. The topological polar surface area (TPSA) is 21.8 Å². The first-order chi connectivity index (χ1) is 7.19. The van der Waals surface area contributed by atoms with E-state index >= 15 is 0 Å². The summed E-state index contributed by atoms with van der Waals surface area (Å²) in [5.41, 5.74) is 0. The largest absolute Gasteiger partial charge is 0.416 e. The van der Waals surface area contributed by atoms with Crippen LogP contribution in [0.15, 0.2) is 12.7 Å². The molecule has 1 fully saturated rings. The minimum absolute atomic E-state index is 0.262. The Morgan fingerprint density at radius 1 is 1.44 bits per heavy atom. The van der Waals surface area contributed by atoms with Crippen LogP contribution in [0.1, 0.15) is 27.7 Å². The van der Waals surface area contributed by atoms with Crippen molar-refractivity contribution in [3.8, 4) is 0 Å². The van der Waals surface area contributed by atoms with Gasteiger partial charge in [0.2, 0.25) is 0 Å². The highest BCUT2D eigenvalue weighted by Gasteiger charge is 2.43. The molecule has 0 aromatic carbocycles. The molecule has 16 heavy (non-hydrogen) atoms. The van der Waals surface area contributed by atoms with Crippen molar-refractivity contribution in [1.82, 2.24) is 0 Å². The molecule has 0 amide bonds. The van der Waals surface area contributed by atoms with Crippen LogP contribution in [0.5, 0.6) is 0 Å². The third kappa shape index (κ3) is 3.19. The number of ether oxygens (including phenoxy) is 1. The fourth-order valence-corrected chi connectivity index (χ4v) is 2.55. The fraction of sp³-hybridized carbons (Fsp3) is 0.846. The maximum absolute atomic E-state index is 6.17. The van der Waals surface area contributed by atoms with Gasteiger partial charge in [-0.25, -0.2) is 0 Å². The molecule has 0 aromatic rings. The lowest BCUT2D eigenvalue weighted by Crippen LogP contribution is -2.42. The molecule has 1 heterocycles. The van der Waals surface area contributed by atoms with Crippen molar-refractivity contribution in [2.24, 2.45) is 5.92 Å². The van der Waals surface area contributed by atoms with Gasteiger partial charge in [0.25, 0.3) is 0 Å². The number of hydrogen-bond acceptors (Lipinski definition) is 2. The van der Waals surface area contributed by atoms with Crippen molar-refractivity contribution in [1.29, 1.82) is 0 Å². The van der Waals surface area contributed by atoms with E-state index in [4.69, 9.17) is 9.16 Å². The summed E-state index contributed by atoms with van der Waals surface area (Å²) in [5.74, 6) is 0.470. The maximum atomic E-state index is 6.17. The second-order valence-corrected chi connectivity index (χ2v) is 11.2. The van der Waals surface area contributed by atoms with E-state index in [2.05, 4.69) is 47.4 Å². The summed E-state index contributed by atoms with van der Waals surface area (Å²) < 4.78 is 11.7. The van der Waals surface area contributed by atoms with E-state index in [0.29, 0.717) is 12.0 Å². The van der Waals surface area contributed by atoms with Gasteiger partial charge in [-0.1, -0.05) is 33.8 Å². The minimum atomic E-state index is -1.60. The minimum Gasteiger partial charge on any atom is -0.416 e. The van der Waals surface area contributed by atoms with Crippen molar-refractivity contribution >= 4 is 8.32 Å². The molecule has 2 nitrogen and oxygen atoms in total. The molecule has 3 heteroatoms. The zero-order chi connectivity index (χ0) is 12.6. The predicted molar refractivity (Wildman–Crippen MR) is 71.2 cm³/mol. The Morgan fingerprint density at radius 2 is 2.00 bits per heavy atom. The Bertz CT molecular complexity index is 255. The third-order valence-electron chi connectivity index (χ3n) is 3.87. The van der Waals surface area contributed by atoms with E-state index in [0.717, 1.165) is 6.61 Å². The molecule has 94 valence electrons. The van der Waals surface area contributed by atoms with E-state index in [1.54, 1.807) is 0 Å². The molecule has 0 saturated carbocycles.